The van der Waals surface area contributed by atoms with Crippen LogP contribution in [0.4, 0.5) is 10.8 Å². The number of hydrogen-bond donors (Lipinski definition) is 2. The van der Waals surface area contributed by atoms with Crippen LogP contribution >= 0.6 is 23.1 Å². The number of carboxylic acid groups (broad SMARTS) is 1. The molecule has 0 aliphatic carbocycles. The first-order chi connectivity index (χ1) is 9.54. The summed E-state index contributed by atoms with van der Waals surface area (Å²) >= 11 is 2.52. The lowest BCUT2D eigenvalue weighted by molar-refractivity contribution is -0.133. The number of aromatic nitrogens is 2. The molecule has 0 saturated carbocycles. The Hall–Kier alpha value is -1.60. The van der Waals surface area contributed by atoms with E-state index >= 15 is 0 Å². The molecule has 0 bridgehead atoms. The molecule has 1 aromatic carbocycles. The van der Waals surface area contributed by atoms with Crippen LogP contribution in [0, 0.1) is 0 Å². The Kier molecular flexibility index (Phi) is 4.97. The van der Waals surface area contributed by atoms with Crippen molar-refractivity contribution in [3.63, 3.8) is 0 Å². The summed E-state index contributed by atoms with van der Waals surface area (Å²) in [6.07, 6.45) is 0. The van der Waals surface area contributed by atoms with Crippen molar-refractivity contribution < 1.29 is 9.90 Å². The van der Waals surface area contributed by atoms with Gasteiger partial charge in [0.05, 0.1) is 5.75 Å². The molecule has 0 aliphatic heterocycles. The van der Waals surface area contributed by atoms with Crippen LogP contribution in [0.1, 0.15) is 25.3 Å². The van der Waals surface area contributed by atoms with Gasteiger partial charge in [-0.1, -0.05) is 49.1 Å². The van der Waals surface area contributed by atoms with Gasteiger partial charge in [0.1, 0.15) is 0 Å². The summed E-state index contributed by atoms with van der Waals surface area (Å²) < 4.78 is 0.648. The van der Waals surface area contributed by atoms with E-state index in [0.29, 0.717) is 15.4 Å². The van der Waals surface area contributed by atoms with Gasteiger partial charge in [-0.3, -0.25) is 4.79 Å². The monoisotopic (exact) mass is 309 g/mol. The lowest BCUT2D eigenvalue weighted by Crippen LogP contribution is -1.96. The first kappa shape index (κ1) is 14.8. The lowest BCUT2D eigenvalue weighted by atomic mass is 10.0. The highest BCUT2D eigenvalue weighted by molar-refractivity contribution is 8.01. The Bertz CT molecular complexity index is 599. The predicted molar refractivity (Wildman–Crippen MR) is 82.1 cm³/mol. The number of rotatable bonds is 6. The Morgan fingerprint density at radius 1 is 1.45 bits per heavy atom. The number of carboxylic acids is 1. The lowest BCUT2D eigenvalue weighted by Gasteiger charge is -2.08. The van der Waals surface area contributed by atoms with Gasteiger partial charge in [-0.2, -0.15) is 0 Å². The first-order valence-electron chi connectivity index (χ1n) is 6.09. The Labute approximate surface area is 125 Å². The van der Waals surface area contributed by atoms with Gasteiger partial charge in [-0.15, -0.1) is 10.2 Å². The summed E-state index contributed by atoms with van der Waals surface area (Å²) in [5.74, 6) is -0.394. The van der Waals surface area contributed by atoms with Gasteiger partial charge in [0.15, 0.2) is 4.34 Å². The maximum Gasteiger partial charge on any atom is 0.313 e. The van der Waals surface area contributed by atoms with Crippen LogP contribution < -0.4 is 5.32 Å². The highest BCUT2D eigenvalue weighted by Crippen LogP contribution is 2.28. The van der Waals surface area contributed by atoms with Gasteiger partial charge >= 0.3 is 5.97 Å². The van der Waals surface area contributed by atoms with Crippen LogP contribution in [0.3, 0.4) is 0 Å². The Balaban J connectivity index is 2.03. The van der Waals surface area contributed by atoms with E-state index < -0.39 is 5.97 Å². The molecule has 2 N–H and O–H groups in total. The third-order valence-electron chi connectivity index (χ3n) is 2.53. The summed E-state index contributed by atoms with van der Waals surface area (Å²) in [5.41, 5.74) is 2.21. The second kappa shape index (κ2) is 6.71. The predicted octanol–water partition coefficient (Wildman–Crippen LogP) is 3.58. The highest BCUT2D eigenvalue weighted by Gasteiger charge is 2.08. The first-order valence-corrected chi connectivity index (χ1v) is 7.90. The fourth-order valence-electron chi connectivity index (χ4n) is 1.54. The van der Waals surface area contributed by atoms with E-state index in [1.54, 1.807) is 0 Å². The van der Waals surface area contributed by atoms with E-state index in [1.807, 2.05) is 12.1 Å². The van der Waals surface area contributed by atoms with E-state index in [4.69, 9.17) is 5.11 Å². The molecule has 106 valence electrons. The van der Waals surface area contributed by atoms with Crippen LogP contribution in [0.2, 0.25) is 0 Å². The van der Waals surface area contributed by atoms with Crippen molar-refractivity contribution >= 4 is 39.9 Å². The van der Waals surface area contributed by atoms with Crippen molar-refractivity contribution in [1.82, 2.24) is 10.2 Å². The number of anilines is 2. The molecule has 0 amide bonds. The number of benzene rings is 1. The number of nitrogens with one attached hydrogen (secondary N) is 1. The minimum Gasteiger partial charge on any atom is -0.481 e. The van der Waals surface area contributed by atoms with E-state index in [2.05, 4.69) is 41.5 Å². The van der Waals surface area contributed by atoms with Crippen LogP contribution in [-0.2, 0) is 4.79 Å². The molecule has 2 aromatic rings. The van der Waals surface area contributed by atoms with Gasteiger partial charge in [-0.25, -0.2) is 0 Å². The minimum absolute atomic E-state index is 0.00251. The van der Waals surface area contributed by atoms with Gasteiger partial charge in [-0.05, 0) is 23.6 Å². The number of aliphatic carboxylic acids is 1. The average molecular weight is 309 g/mol. The van der Waals surface area contributed by atoms with Crippen molar-refractivity contribution in [2.45, 2.75) is 24.1 Å². The Morgan fingerprint density at radius 2 is 2.25 bits per heavy atom. The standard InChI is InChI=1S/C13H15N3O2S2/c1-8(2)9-4-3-5-10(6-9)14-12-15-16-13(20-12)19-7-11(17)18/h3-6,8H,7H2,1-2H3,(H,14,15)(H,17,18). The van der Waals surface area contributed by atoms with E-state index in [9.17, 15) is 4.79 Å². The zero-order chi connectivity index (χ0) is 14.5. The maximum atomic E-state index is 10.5. The molecule has 1 aromatic heterocycles. The zero-order valence-electron chi connectivity index (χ0n) is 11.2. The molecule has 0 saturated heterocycles. The molecule has 0 atom stereocenters. The summed E-state index contributed by atoms with van der Waals surface area (Å²) in [7, 11) is 0. The smallest absolute Gasteiger partial charge is 0.313 e. The zero-order valence-corrected chi connectivity index (χ0v) is 12.8. The topological polar surface area (TPSA) is 75.1 Å². The maximum absolute atomic E-state index is 10.5. The van der Waals surface area contributed by atoms with Gasteiger partial charge in [0.25, 0.3) is 0 Å². The normalized spacial score (nSPS) is 10.8. The van der Waals surface area contributed by atoms with Crippen molar-refractivity contribution in [2.75, 3.05) is 11.1 Å². The van der Waals surface area contributed by atoms with Crippen LogP contribution in [-0.4, -0.2) is 27.0 Å². The molecule has 1 heterocycles. The third kappa shape index (κ3) is 4.21. The number of carbonyl (C=O) groups is 1. The summed E-state index contributed by atoms with van der Waals surface area (Å²) in [5, 5.41) is 20.4. The molecular weight excluding hydrogens is 294 g/mol. The molecule has 0 aliphatic rings. The van der Waals surface area contributed by atoms with Crippen LogP contribution in [0.15, 0.2) is 28.6 Å². The highest BCUT2D eigenvalue weighted by atomic mass is 32.2. The van der Waals surface area contributed by atoms with E-state index in [1.165, 1.54) is 28.7 Å². The Morgan fingerprint density at radius 3 is 2.95 bits per heavy atom. The molecule has 20 heavy (non-hydrogen) atoms. The van der Waals surface area contributed by atoms with Crippen LogP contribution in [0.25, 0.3) is 0 Å². The van der Waals surface area contributed by atoms with Gasteiger partial charge < -0.3 is 10.4 Å². The fourth-order valence-corrected chi connectivity index (χ4v) is 3.03. The van der Waals surface area contributed by atoms with Gasteiger partial charge in [0.2, 0.25) is 5.13 Å². The quantitative estimate of drug-likeness (QED) is 0.794. The van der Waals surface area contributed by atoms with Gasteiger partial charge in [0, 0.05) is 5.69 Å². The average Bonchev–Trinajstić information content (AvgIpc) is 2.84. The molecule has 0 radical (unpaired) electrons. The second-order valence-electron chi connectivity index (χ2n) is 4.46. The molecular formula is C13H15N3O2S2. The number of thioether (sulfide) groups is 1. The summed E-state index contributed by atoms with van der Waals surface area (Å²) in [6.45, 7) is 4.29. The molecule has 2 rings (SSSR count). The molecule has 7 heteroatoms. The third-order valence-corrected chi connectivity index (χ3v) is 4.49. The second-order valence-corrected chi connectivity index (χ2v) is 6.66. The number of hydrogen-bond acceptors (Lipinski definition) is 6. The van der Waals surface area contributed by atoms with Crippen molar-refractivity contribution in [3.8, 4) is 0 Å². The molecule has 0 spiro atoms. The molecule has 0 unspecified atom stereocenters. The molecule has 0 fully saturated rings. The van der Waals surface area contributed by atoms with Crippen LogP contribution in [0.5, 0.6) is 0 Å². The molecule has 5 nitrogen and oxygen atoms in total. The van der Waals surface area contributed by atoms with Crippen molar-refractivity contribution in [1.29, 1.82) is 0 Å². The summed E-state index contributed by atoms with van der Waals surface area (Å²) in [6, 6.07) is 8.14. The SMILES string of the molecule is CC(C)c1cccc(Nc2nnc(SCC(=O)O)s2)c1. The van der Waals surface area contributed by atoms with E-state index in [0.717, 1.165) is 5.69 Å². The fraction of sp³-hybridized carbons (Fsp3) is 0.308. The van der Waals surface area contributed by atoms with E-state index in [-0.39, 0.29) is 5.75 Å². The van der Waals surface area contributed by atoms with Crippen molar-refractivity contribution in [3.05, 3.63) is 29.8 Å². The largest absolute Gasteiger partial charge is 0.481 e. The summed E-state index contributed by atoms with van der Waals surface area (Å²) in [4.78, 5) is 10.5. The number of nitrogens with zero attached hydrogens (tertiary/aromatic N) is 2. The minimum atomic E-state index is -0.857. The van der Waals surface area contributed by atoms with Crippen molar-refractivity contribution in [2.24, 2.45) is 0 Å².